The van der Waals surface area contributed by atoms with Crippen molar-refractivity contribution in [3.8, 4) is 0 Å². The molecule has 2 heterocycles. The van der Waals surface area contributed by atoms with Crippen LogP contribution in [0.15, 0.2) is 29.6 Å². The van der Waals surface area contributed by atoms with Gasteiger partial charge in [0.1, 0.15) is 11.6 Å². The van der Waals surface area contributed by atoms with Gasteiger partial charge in [0, 0.05) is 13.2 Å². The smallest absolute Gasteiger partial charge is 0.282 e. The maximum Gasteiger partial charge on any atom is 0.282 e. The predicted molar refractivity (Wildman–Crippen MR) is 63.2 cm³/mol. The Bertz CT molecular complexity index is 649. The minimum atomic E-state index is -3.88. The third kappa shape index (κ3) is 2.59. The van der Waals surface area contributed by atoms with Crippen molar-refractivity contribution in [2.45, 2.75) is 5.03 Å². The molecule has 96 valence electrons. The van der Waals surface area contributed by atoms with E-state index in [1.54, 1.807) is 7.05 Å². The zero-order valence-electron chi connectivity index (χ0n) is 9.13. The molecular weight excluding hydrogens is 283 g/mol. The van der Waals surface area contributed by atoms with E-state index < -0.39 is 15.8 Å². The van der Waals surface area contributed by atoms with Crippen LogP contribution in [0.3, 0.4) is 0 Å². The van der Waals surface area contributed by atoms with Crippen LogP contribution >= 0.6 is 11.6 Å². The van der Waals surface area contributed by atoms with Crippen LogP contribution in [0.1, 0.15) is 0 Å². The van der Waals surface area contributed by atoms with Crippen molar-refractivity contribution >= 4 is 27.4 Å². The van der Waals surface area contributed by atoms with Crippen molar-refractivity contribution in [1.82, 2.24) is 14.5 Å². The summed E-state index contributed by atoms with van der Waals surface area (Å²) in [5, 5.41) is -0.191. The number of nitrogens with zero attached hydrogens (tertiary/aromatic N) is 3. The van der Waals surface area contributed by atoms with Crippen molar-refractivity contribution in [3.63, 3.8) is 0 Å². The van der Waals surface area contributed by atoms with E-state index in [0.29, 0.717) is 0 Å². The molecule has 0 amide bonds. The molecule has 0 radical (unpaired) electrons. The summed E-state index contributed by atoms with van der Waals surface area (Å²) in [5.74, 6) is -0.558. The van der Waals surface area contributed by atoms with Gasteiger partial charge in [-0.15, -0.1) is 0 Å². The van der Waals surface area contributed by atoms with Gasteiger partial charge in [0.15, 0.2) is 5.03 Å². The Balaban J connectivity index is 2.29. The van der Waals surface area contributed by atoms with Gasteiger partial charge in [-0.1, -0.05) is 0 Å². The molecule has 0 bridgehead atoms. The molecule has 0 aliphatic rings. The third-order valence-electron chi connectivity index (χ3n) is 2.04. The molecular formula is C9H8ClFN4O2S. The summed E-state index contributed by atoms with van der Waals surface area (Å²) in [5.41, 5.74) is 0. The molecule has 9 heteroatoms. The molecule has 0 fully saturated rings. The molecule has 2 rings (SSSR count). The molecule has 0 atom stereocenters. The van der Waals surface area contributed by atoms with Gasteiger partial charge in [0.2, 0.25) is 5.28 Å². The van der Waals surface area contributed by atoms with Crippen molar-refractivity contribution < 1.29 is 12.8 Å². The summed E-state index contributed by atoms with van der Waals surface area (Å²) in [4.78, 5) is 7.26. The van der Waals surface area contributed by atoms with Crippen LogP contribution in [-0.4, -0.2) is 23.0 Å². The standard InChI is InChI=1S/C9H8ClFN4O2S/c1-15-5-8(13-9(15)10)18(16,17)14-7-3-2-6(11)4-12-7/h2-5H,1H3,(H,12,14). The Morgan fingerprint density at radius 3 is 2.67 bits per heavy atom. The van der Waals surface area contributed by atoms with Gasteiger partial charge in [-0.25, -0.2) is 14.4 Å². The second-order valence-electron chi connectivity index (χ2n) is 3.43. The normalized spacial score (nSPS) is 11.5. The highest BCUT2D eigenvalue weighted by atomic mass is 35.5. The summed E-state index contributed by atoms with van der Waals surface area (Å²) in [6.45, 7) is 0. The number of hydrogen-bond acceptors (Lipinski definition) is 4. The van der Waals surface area contributed by atoms with E-state index in [-0.39, 0.29) is 16.1 Å². The molecule has 0 aliphatic heterocycles. The van der Waals surface area contributed by atoms with Gasteiger partial charge in [0.05, 0.1) is 6.20 Å². The number of imidazole rings is 1. The van der Waals surface area contributed by atoms with Crippen molar-refractivity contribution in [1.29, 1.82) is 0 Å². The Kier molecular flexibility index (Phi) is 3.22. The lowest BCUT2D eigenvalue weighted by molar-refractivity contribution is 0.597. The van der Waals surface area contributed by atoms with Crippen molar-refractivity contribution in [2.24, 2.45) is 7.05 Å². The van der Waals surface area contributed by atoms with Crippen LogP contribution in [-0.2, 0) is 17.1 Å². The van der Waals surface area contributed by atoms with E-state index >= 15 is 0 Å². The van der Waals surface area contributed by atoms with E-state index in [9.17, 15) is 12.8 Å². The monoisotopic (exact) mass is 290 g/mol. The highest BCUT2D eigenvalue weighted by molar-refractivity contribution is 7.92. The van der Waals surface area contributed by atoms with E-state index in [0.717, 1.165) is 12.3 Å². The molecule has 6 nitrogen and oxygen atoms in total. The van der Waals surface area contributed by atoms with E-state index in [1.165, 1.54) is 16.8 Å². The number of aryl methyl sites for hydroxylation is 1. The second-order valence-corrected chi connectivity index (χ2v) is 5.39. The molecule has 2 aromatic rings. The summed E-state index contributed by atoms with van der Waals surface area (Å²) in [7, 11) is -2.32. The summed E-state index contributed by atoms with van der Waals surface area (Å²) in [6, 6.07) is 2.30. The number of sulfonamides is 1. The van der Waals surface area contributed by atoms with Gasteiger partial charge in [-0.3, -0.25) is 4.72 Å². The Morgan fingerprint density at radius 1 is 1.44 bits per heavy atom. The maximum atomic E-state index is 12.6. The second kappa shape index (κ2) is 4.54. The summed E-state index contributed by atoms with van der Waals surface area (Å²) < 4.78 is 39.9. The first kappa shape index (κ1) is 12.8. The lowest BCUT2D eigenvalue weighted by atomic mass is 10.5. The molecule has 0 aromatic carbocycles. The van der Waals surface area contributed by atoms with E-state index in [1.807, 2.05) is 0 Å². The Labute approximate surface area is 107 Å². The fraction of sp³-hybridized carbons (Fsp3) is 0.111. The van der Waals surface area contributed by atoms with Crippen LogP contribution in [0.4, 0.5) is 10.2 Å². The molecule has 0 saturated heterocycles. The van der Waals surface area contributed by atoms with Crippen molar-refractivity contribution in [3.05, 3.63) is 35.6 Å². The molecule has 0 saturated carbocycles. The van der Waals surface area contributed by atoms with Gasteiger partial charge in [-0.2, -0.15) is 8.42 Å². The fourth-order valence-electron chi connectivity index (χ4n) is 1.17. The minimum Gasteiger partial charge on any atom is -0.323 e. The van der Waals surface area contributed by atoms with Crippen LogP contribution in [0.2, 0.25) is 5.28 Å². The zero-order valence-corrected chi connectivity index (χ0v) is 10.7. The number of pyridine rings is 1. The molecule has 0 aliphatic carbocycles. The SMILES string of the molecule is Cn1cc(S(=O)(=O)Nc2ccc(F)cn2)nc1Cl. The summed E-state index contributed by atoms with van der Waals surface area (Å²) in [6.07, 6.45) is 2.16. The predicted octanol–water partition coefficient (Wildman–Crippen LogP) is 1.41. The zero-order chi connectivity index (χ0) is 13.3. The van der Waals surface area contributed by atoms with E-state index in [4.69, 9.17) is 11.6 Å². The van der Waals surface area contributed by atoms with Gasteiger partial charge >= 0.3 is 0 Å². The molecule has 0 spiro atoms. The van der Waals surface area contributed by atoms with E-state index in [2.05, 4.69) is 14.7 Å². The molecule has 2 aromatic heterocycles. The average Bonchev–Trinajstić information content (AvgIpc) is 2.63. The quantitative estimate of drug-likeness (QED) is 0.927. The molecule has 18 heavy (non-hydrogen) atoms. The fourth-order valence-corrected chi connectivity index (χ4v) is 2.37. The van der Waals surface area contributed by atoms with Gasteiger partial charge in [-0.05, 0) is 23.7 Å². The van der Waals surface area contributed by atoms with Gasteiger partial charge in [0.25, 0.3) is 10.0 Å². The van der Waals surface area contributed by atoms with Crippen LogP contribution in [0.5, 0.6) is 0 Å². The molecule has 1 N–H and O–H groups in total. The topological polar surface area (TPSA) is 76.9 Å². The van der Waals surface area contributed by atoms with Crippen LogP contribution < -0.4 is 4.72 Å². The lowest BCUT2D eigenvalue weighted by Gasteiger charge is -2.03. The first-order valence-corrected chi connectivity index (χ1v) is 6.58. The number of halogens is 2. The highest BCUT2D eigenvalue weighted by Crippen LogP contribution is 2.15. The number of hydrogen-bond donors (Lipinski definition) is 1. The first-order chi connectivity index (χ1) is 8.38. The Morgan fingerprint density at radius 2 is 2.17 bits per heavy atom. The van der Waals surface area contributed by atoms with Crippen molar-refractivity contribution in [2.75, 3.05) is 4.72 Å². The summed E-state index contributed by atoms with van der Waals surface area (Å²) >= 11 is 5.65. The van der Waals surface area contributed by atoms with Crippen LogP contribution in [0.25, 0.3) is 0 Å². The molecule has 0 unspecified atom stereocenters. The lowest BCUT2D eigenvalue weighted by Crippen LogP contribution is -2.14. The highest BCUT2D eigenvalue weighted by Gasteiger charge is 2.19. The Hall–Kier alpha value is -1.67. The minimum absolute atomic E-state index is 0.00169. The largest absolute Gasteiger partial charge is 0.323 e. The maximum absolute atomic E-state index is 12.6. The average molecular weight is 291 g/mol. The number of rotatable bonds is 3. The number of nitrogens with one attached hydrogen (secondary N) is 1. The number of aromatic nitrogens is 3. The van der Waals surface area contributed by atoms with Crippen LogP contribution in [0, 0.1) is 5.82 Å². The first-order valence-electron chi connectivity index (χ1n) is 4.72. The number of anilines is 1. The van der Waals surface area contributed by atoms with Gasteiger partial charge < -0.3 is 4.57 Å². The third-order valence-corrected chi connectivity index (χ3v) is 3.62.